The van der Waals surface area contributed by atoms with Gasteiger partial charge in [0.25, 0.3) is 10.1 Å². The standard InChI is InChI=1S/C4H10O3S/c1-4(2,3)8(5,6)7/h1-3H3,(H,5,6,7). The van der Waals surface area contributed by atoms with Crippen LogP contribution in [-0.4, -0.2) is 17.7 Å². The fraction of sp³-hybridized carbons (Fsp3) is 1.00. The van der Waals surface area contributed by atoms with Crippen LogP contribution < -0.4 is 0 Å². The zero-order valence-corrected chi connectivity index (χ0v) is 5.99. The smallest absolute Gasteiger partial charge is 0.269 e. The molecule has 0 bridgehead atoms. The molecule has 0 amide bonds. The second-order valence-electron chi connectivity index (χ2n) is 2.59. The fourth-order valence-electron chi connectivity index (χ4n) is 0. The molecule has 0 aliphatic heterocycles. The van der Waals surface area contributed by atoms with E-state index in [0.29, 0.717) is 0 Å². The summed E-state index contributed by atoms with van der Waals surface area (Å²) < 4.78 is 27.7. The Hall–Kier alpha value is -0.0900. The first-order chi connectivity index (χ1) is 3.25. The van der Waals surface area contributed by atoms with Crippen molar-refractivity contribution in [2.24, 2.45) is 0 Å². The van der Waals surface area contributed by atoms with Crippen LogP contribution in [0.1, 0.15) is 20.8 Å². The van der Waals surface area contributed by atoms with Gasteiger partial charge in [0.05, 0.1) is 4.75 Å². The van der Waals surface area contributed by atoms with E-state index in [1.165, 1.54) is 20.8 Å². The molecule has 0 saturated heterocycles. The van der Waals surface area contributed by atoms with Gasteiger partial charge in [0.1, 0.15) is 0 Å². The average molecular weight is 138 g/mol. The number of hydrogen-bond donors (Lipinski definition) is 1. The van der Waals surface area contributed by atoms with E-state index < -0.39 is 14.9 Å². The van der Waals surface area contributed by atoms with Crippen LogP contribution in [0.4, 0.5) is 0 Å². The van der Waals surface area contributed by atoms with Crippen molar-refractivity contribution in [1.82, 2.24) is 0 Å². The van der Waals surface area contributed by atoms with Crippen molar-refractivity contribution >= 4 is 10.1 Å². The van der Waals surface area contributed by atoms with E-state index in [0.717, 1.165) is 0 Å². The molecule has 0 radical (unpaired) electrons. The van der Waals surface area contributed by atoms with Crippen LogP contribution >= 0.6 is 0 Å². The normalized spacial score (nSPS) is 14.0. The summed E-state index contributed by atoms with van der Waals surface area (Å²) >= 11 is 0. The first-order valence-electron chi connectivity index (χ1n) is 2.22. The molecule has 3 nitrogen and oxygen atoms in total. The molecular formula is C4H10O3S. The van der Waals surface area contributed by atoms with Crippen LogP contribution in [0.2, 0.25) is 0 Å². The van der Waals surface area contributed by atoms with Gasteiger partial charge in [0.2, 0.25) is 0 Å². The zero-order chi connectivity index (χ0) is 7.00. The summed E-state index contributed by atoms with van der Waals surface area (Å²) in [7, 11) is -3.84. The Morgan fingerprint density at radius 1 is 1.25 bits per heavy atom. The summed E-state index contributed by atoms with van der Waals surface area (Å²) in [4.78, 5) is 0. The SMILES string of the molecule is CC(C)(C)S(=O)(=O)O. The van der Waals surface area contributed by atoms with Gasteiger partial charge in [-0.15, -0.1) is 0 Å². The highest BCUT2D eigenvalue weighted by atomic mass is 32.2. The molecule has 0 aromatic rings. The predicted molar refractivity (Wildman–Crippen MR) is 31.3 cm³/mol. The van der Waals surface area contributed by atoms with Crippen molar-refractivity contribution in [2.75, 3.05) is 0 Å². The van der Waals surface area contributed by atoms with Gasteiger partial charge in [-0.25, -0.2) is 0 Å². The molecule has 0 aliphatic rings. The van der Waals surface area contributed by atoms with E-state index in [4.69, 9.17) is 4.55 Å². The minimum atomic E-state index is -3.84. The summed E-state index contributed by atoms with van der Waals surface area (Å²) in [5.41, 5.74) is 0. The van der Waals surface area contributed by atoms with Crippen molar-refractivity contribution in [3.63, 3.8) is 0 Å². The summed E-state index contributed by atoms with van der Waals surface area (Å²) in [6.45, 7) is 4.30. The molecule has 0 aliphatic carbocycles. The van der Waals surface area contributed by atoms with E-state index in [2.05, 4.69) is 0 Å². The van der Waals surface area contributed by atoms with Crippen molar-refractivity contribution < 1.29 is 13.0 Å². The summed E-state index contributed by atoms with van der Waals surface area (Å²) in [6.07, 6.45) is 0. The quantitative estimate of drug-likeness (QED) is 0.500. The number of rotatable bonds is 0. The maximum atomic E-state index is 10.2. The highest BCUT2D eigenvalue weighted by molar-refractivity contribution is 7.87. The van der Waals surface area contributed by atoms with Gasteiger partial charge in [-0.3, -0.25) is 4.55 Å². The lowest BCUT2D eigenvalue weighted by molar-refractivity contribution is 0.450. The van der Waals surface area contributed by atoms with Crippen molar-refractivity contribution in [3.05, 3.63) is 0 Å². The third-order valence-corrected chi connectivity index (χ3v) is 2.32. The van der Waals surface area contributed by atoms with Gasteiger partial charge in [0.15, 0.2) is 0 Å². The molecule has 0 aromatic carbocycles. The van der Waals surface area contributed by atoms with Gasteiger partial charge >= 0.3 is 0 Å². The largest absolute Gasteiger partial charge is 0.285 e. The minimum Gasteiger partial charge on any atom is -0.285 e. The molecule has 4 heteroatoms. The Kier molecular flexibility index (Phi) is 1.68. The lowest BCUT2D eigenvalue weighted by atomic mass is 10.3. The van der Waals surface area contributed by atoms with Crippen LogP contribution in [0.15, 0.2) is 0 Å². The van der Waals surface area contributed by atoms with Crippen LogP contribution in [0.25, 0.3) is 0 Å². The Morgan fingerprint density at radius 2 is 1.38 bits per heavy atom. The second kappa shape index (κ2) is 1.70. The molecule has 0 saturated carbocycles. The topological polar surface area (TPSA) is 54.4 Å². The minimum absolute atomic E-state index is 1.03. The van der Waals surface area contributed by atoms with E-state index in [-0.39, 0.29) is 0 Å². The Bertz CT molecular complexity index is 160. The lowest BCUT2D eigenvalue weighted by Crippen LogP contribution is -2.26. The summed E-state index contributed by atoms with van der Waals surface area (Å²) in [5, 5.41) is 0. The predicted octanol–water partition coefficient (Wildman–Crippen LogP) is 0.673. The molecule has 0 fully saturated rings. The summed E-state index contributed by atoms with van der Waals surface area (Å²) in [6, 6.07) is 0. The molecule has 50 valence electrons. The van der Waals surface area contributed by atoms with Crippen LogP contribution in [0.5, 0.6) is 0 Å². The van der Waals surface area contributed by atoms with Gasteiger partial charge in [-0.1, -0.05) is 0 Å². The van der Waals surface area contributed by atoms with Crippen LogP contribution in [-0.2, 0) is 10.1 Å². The van der Waals surface area contributed by atoms with Gasteiger partial charge in [-0.2, -0.15) is 8.42 Å². The van der Waals surface area contributed by atoms with Crippen LogP contribution in [0, 0.1) is 0 Å². The third-order valence-electron chi connectivity index (χ3n) is 0.774. The van der Waals surface area contributed by atoms with E-state index in [1.54, 1.807) is 0 Å². The summed E-state index contributed by atoms with van der Waals surface area (Å²) in [5.74, 6) is 0. The van der Waals surface area contributed by atoms with Crippen molar-refractivity contribution in [1.29, 1.82) is 0 Å². The molecule has 1 N–H and O–H groups in total. The molecule has 0 spiro atoms. The highest BCUT2D eigenvalue weighted by Gasteiger charge is 2.25. The molecule has 0 atom stereocenters. The third kappa shape index (κ3) is 1.79. The molecule has 0 rings (SSSR count). The zero-order valence-electron chi connectivity index (χ0n) is 5.17. The molecule has 0 unspecified atom stereocenters. The van der Waals surface area contributed by atoms with Crippen molar-refractivity contribution in [2.45, 2.75) is 25.5 Å². The maximum Gasteiger partial charge on any atom is 0.269 e. The highest BCUT2D eigenvalue weighted by Crippen LogP contribution is 2.11. The lowest BCUT2D eigenvalue weighted by Gasteiger charge is -2.12. The Morgan fingerprint density at radius 3 is 1.38 bits per heavy atom. The second-order valence-corrected chi connectivity index (χ2v) is 4.76. The fourth-order valence-corrected chi connectivity index (χ4v) is 0. The van der Waals surface area contributed by atoms with Gasteiger partial charge in [-0.05, 0) is 20.8 Å². The van der Waals surface area contributed by atoms with Crippen LogP contribution in [0.3, 0.4) is 0 Å². The van der Waals surface area contributed by atoms with E-state index in [1.807, 2.05) is 0 Å². The van der Waals surface area contributed by atoms with Crippen molar-refractivity contribution in [3.8, 4) is 0 Å². The Labute approximate surface area is 49.5 Å². The van der Waals surface area contributed by atoms with E-state index in [9.17, 15) is 8.42 Å². The first-order valence-corrected chi connectivity index (χ1v) is 3.66. The first kappa shape index (κ1) is 7.91. The maximum absolute atomic E-state index is 10.2. The monoisotopic (exact) mass is 138 g/mol. The molecule has 0 heterocycles. The average Bonchev–Trinajstić information content (AvgIpc) is 1.25. The van der Waals surface area contributed by atoms with E-state index >= 15 is 0 Å². The number of hydrogen-bond acceptors (Lipinski definition) is 2. The molecule has 8 heavy (non-hydrogen) atoms. The Balaban J connectivity index is 4.53. The van der Waals surface area contributed by atoms with Gasteiger partial charge < -0.3 is 0 Å². The van der Waals surface area contributed by atoms with Gasteiger partial charge in [0, 0.05) is 0 Å². The molecular weight excluding hydrogens is 128 g/mol. The molecule has 0 aromatic heterocycles.